The number of carbonyl (C=O) groups is 4. The van der Waals surface area contributed by atoms with Gasteiger partial charge >= 0.3 is 5.97 Å². The third-order valence-corrected chi connectivity index (χ3v) is 4.38. The predicted octanol–water partition coefficient (Wildman–Crippen LogP) is 0.686. The van der Waals surface area contributed by atoms with Gasteiger partial charge in [0, 0.05) is 25.1 Å². The Morgan fingerprint density at radius 2 is 2.00 bits per heavy atom. The Labute approximate surface area is 148 Å². The molecule has 3 N–H and O–H groups in total. The molecule has 0 saturated heterocycles. The molecule has 9 heteroatoms. The van der Waals surface area contributed by atoms with Crippen molar-refractivity contribution in [1.29, 1.82) is 0 Å². The number of fused-ring (bicyclic) bond motifs is 1. The van der Waals surface area contributed by atoms with Gasteiger partial charge in [-0.2, -0.15) is 0 Å². The maximum absolute atomic E-state index is 12.4. The van der Waals surface area contributed by atoms with Gasteiger partial charge in [-0.3, -0.25) is 19.2 Å². The summed E-state index contributed by atoms with van der Waals surface area (Å²) in [6, 6.07) is 7.00. The fourth-order valence-corrected chi connectivity index (χ4v) is 2.89. The summed E-state index contributed by atoms with van der Waals surface area (Å²) in [5.41, 5.74) is 1.20. The van der Waals surface area contributed by atoms with Crippen LogP contribution in [0.2, 0.25) is 0 Å². The van der Waals surface area contributed by atoms with E-state index >= 15 is 0 Å². The second-order valence-electron chi connectivity index (χ2n) is 5.34. The van der Waals surface area contributed by atoms with E-state index in [0.29, 0.717) is 23.7 Å². The van der Waals surface area contributed by atoms with E-state index in [4.69, 9.17) is 5.11 Å². The summed E-state index contributed by atoms with van der Waals surface area (Å²) >= 11 is 1.21. The van der Waals surface area contributed by atoms with Crippen LogP contribution in [0.15, 0.2) is 24.3 Å². The van der Waals surface area contributed by atoms with Gasteiger partial charge in [0.15, 0.2) is 0 Å². The molecule has 1 heterocycles. The standard InChI is InChI=1S/C16H19N3O5S/c20-13(17-7-8-25-10-16(23)24)5-6-15(22)19-9-14(21)18-11-3-1-2-4-12(11)19/h1-4H,5-10H2,(H,17,20)(H,18,21)(H,23,24). The molecule has 0 saturated carbocycles. The van der Waals surface area contributed by atoms with Crippen molar-refractivity contribution in [3.63, 3.8) is 0 Å². The first kappa shape index (κ1) is 18.8. The van der Waals surface area contributed by atoms with Crippen LogP contribution in [-0.2, 0) is 19.2 Å². The number of amides is 3. The van der Waals surface area contributed by atoms with Gasteiger partial charge in [-0.1, -0.05) is 12.1 Å². The van der Waals surface area contributed by atoms with Gasteiger partial charge in [-0.05, 0) is 12.1 Å². The summed E-state index contributed by atoms with van der Waals surface area (Å²) in [7, 11) is 0. The Hall–Kier alpha value is -2.55. The van der Waals surface area contributed by atoms with Crippen molar-refractivity contribution in [2.45, 2.75) is 12.8 Å². The number of benzene rings is 1. The Morgan fingerprint density at radius 1 is 1.24 bits per heavy atom. The number of carboxylic acids is 1. The fraction of sp³-hybridized carbons (Fsp3) is 0.375. The first-order chi connectivity index (χ1) is 12.0. The van der Waals surface area contributed by atoms with Crippen LogP contribution in [-0.4, -0.2) is 53.4 Å². The van der Waals surface area contributed by atoms with Crippen molar-refractivity contribution in [3.8, 4) is 0 Å². The molecule has 134 valence electrons. The normalized spacial score (nSPS) is 13.0. The average Bonchev–Trinajstić information content (AvgIpc) is 2.58. The number of nitrogens with one attached hydrogen (secondary N) is 2. The van der Waals surface area contributed by atoms with Crippen molar-refractivity contribution in [2.75, 3.05) is 34.8 Å². The summed E-state index contributed by atoms with van der Waals surface area (Å²) < 4.78 is 0. The molecule has 1 aliphatic heterocycles. The van der Waals surface area contributed by atoms with Crippen LogP contribution in [0, 0.1) is 0 Å². The topological polar surface area (TPSA) is 116 Å². The van der Waals surface area contributed by atoms with Gasteiger partial charge in [-0.25, -0.2) is 0 Å². The molecule has 1 aromatic rings. The molecule has 1 aromatic carbocycles. The van der Waals surface area contributed by atoms with E-state index in [0.717, 1.165) is 0 Å². The van der Waals surface area contributed by atoms with Crippen molar-refractivity contribution in [3.05, 3.63) is 24.3 Å². The number of hydrogen-bond acceptors (Lipinski definition) is 5. The number of carboxylic acid groups (broad SMARTS) is 1. The Bertz CT molecular complexity index is 679. The lowest BCUT2D eigenvalue weighted by atomic mass is 10.1. The fourth-order valence-electron chi connectivity index (χ4n) is 2.32. The summed E-state index contributed by atoms with van der Waals surface area (Å²) in [6.45, 7) is 0.281. The van der Waals surface area contributed by atoms with Crippen LogP contribution >= 0.6 is 11.8 Å². The molecular formula is C16H19N3O5S. The number of carbonyl (C=O) groups excluding carboxylic acids is 3. The van der Waals surface area contributed by atoms with Crippen molar-refractivity contribution in [2.24, 2.45) is 0 Å². The molecule has 2 rings (SSSR count). The molecule has 8 nitrogen and oxygen atoms in total. The molecule has 0 aromatic heterocycles. The van der Waals surface area contributed by atoms with E-state index in [1.165, 1.54) is 16.7 Å². The number of nitrogens with zero attached hydrogens (tertiary/aromatic N) is 1. The minimum Gasteiger partial charge on any atom is -0.481 e. The summed E-state index contributed by atoms with van der Waals surface area (Å²) in [5, 5.41) is 13.8. The molecule has 0 aliphatic carbocycles. The van der Waals surface area contributed by atoms with Crippen molar-refractivity contribution < 1.29 is 24.3 Å². The first-order valence-corrected chi connectivity index (χ1v) is 8.88. The highest BCUT2D eigenvalue weighted by atomic mass is 32.2. The van der Waals surface area contributed by atoms with E-state index in [1.807, 2.05) is 0 Å². The molecular weight excluding hydrogens is 346 g/mol. The Balaban J connectivity index is 1.78. The lowest BCUT2D eigenvalue weighted by molar-refractivity contribution is -0.134. The molecule has 0 unspecified atom stereocenters. The zero-order valence-electron chi connectivity index (χ0n) is 13.5. The molecule has 0 radical (unpaired) electrons. The van der Waals surface area contributed by atoms with Gasteiger partial charge in [0.05, 0.1) is 17.1 Å². The average molecular weight is 365 g/mol. The van der Waals surface area contributed by atoms with Crippen LogP contribution in [0.5, 0.6) is 0 Å². The number of hydrogen-bond donors (Lipinski definition) is 3. The van der Waals surface area contributed by atoms with Crippen LogP contribution < -0.4 is 15.5 Å². The van der Waals surface area contributed by atoms with Crippen LogP contribution in [0.4, 0.5) is 11.4 Å². The second kappa shape index (κ2) is 9.07. The highest BCUT2D eigenvalue weighted by molar-refractivity contribution is 7.99. The zero-order valence-corrected chi connectivity index (χ0v) is 14.3. The maximum Gasteiger partial charge on any atom is 0.313 e. The van der Waals surface area contributed by atoms with Gasteiger partial charge in [0.1, 0.15) is 6.54 Å². The molecule has 1 aliphatic rings. The predicted molar refractivity (Wildman–Crippen MR) is 94.6 cm³/mol. The largest absolute Gasteiger partial charge is 0.481 e. The minimum absolute atomic E-state index is 0.00425. The second-order valence-corrected chi connectivity index (χ2v) is 6.45. The van der Waals surface area contributed by atoms with E-state index < -0.39 is 5.97 Å². The Morgan fingerprint density at radius 3 is 2.76 bits per heavy atom. The van der Waals surface area contributed by atoms with E-state index in [-0.39, 0.29) is 42.9 Å². The van der Waals surface area contributed by atoms with E-state index in [2.05, 4.69) is 10.6 Å². The molecule has 0 atom stereocenters. The first-order valence-electron chi connectivity index (χ1n) is 7.73. The SMILES string of the molecule is O=C(O)CSCCNC(=O)CCC(=O)N1CC(=O)Nc2ccccc21. The minimum atomic E-state index is -0.896. The monoisotopic (exact) mass is 365 g/mol. The number of anilines is 2. The van der Waals surface area contributed by atoms with Crippen molar-refractivity contribution in [1.82, 2.24) is 5.32 Å². The lowest BCUT2D eigenvalue weighted by Gasteiger charge is -2.29. The molecule has 0 bridgehead atoms. The maximum atomic E-state index is 12.4. The molecule has 0 fully saturated rings. The third kappa shape index (κ3) is 5.79. The number of para-hydroxylation sites is 2. The van der Waals surface area contributed by atoms with Gasteiger partial charge in [0.2, 0.25) is 17.7 Å². The van der Waals surface area contributed by atoms with Gasteiger partial charge < -0.3 is 20.6 Å². The van der Waals surface area contributed by atoms with Crippen molar-refractivity contribution >= 4 is 46.8 Å². The number of rotatable bonds is 8. The number of aliphatic carboxylic acids is 1. The Kier molecular flexibility index (Phi) is 6.81. The summed E-state index contributed by atoms with van der Waals surface area (Å²) in [6.07, 6.45) is 0.0123. The highest BCUT2D eigenvalue weighted by Crippen LogP contribution is 2.29. The van der Waals surface area contributed by atoms with Gasteiger partial charge in [0.25, 0.3) is 0 Å². The molecule has 0 spiro atoms. The van der Waals surface area contributed by atoms with Crippen LogP contribution in [0.1, 0.15) is 12.8 Å². The third-order valence-electron chi connectivity index (χ3n) is 3.43. The molecule has 25 heavy (non-hydrogen) atoms. The molecule has 3 amide bonds. The van der Waals surface area contributed by atoms with E-state index in [9.17, 15) is 19.2 Å². The van der Waals surface area contributed by atoms with E-state index in [1.54, 1.807) is 24.3 Å². The summed E-state index contributed by atoms with van der Waals surface area (Å²) in [4.78, 5) is 47.5. The quantitative estimate of drug-likeness (QED) is 0.584. The number of thioether (sulfide) groups is 1. The highest BCUT2D eigenvalue weighted by Gasteiger charge is 2.26. The van der Waals surface area contributed by atoms with Crippen LogP contribution in [0.25, 0.3) is 0 Å². The van der Waals surface area contributed by atoms with Gasteiger partial charge in [-0.15, -0.1) is 11.8 Å². The lowest BCUT2D eigenvalue weighted by Crippen LogP contribution is -2.42. The van der Waals surface area contributed by atoms with Crippen LogP contribution in [0.3, 0.4) is 0 Å². The smallest absolute Gasteiger partial charge is 0.313 e. The zero-order chi connectivity index (χ0) is 18.2. The summed E-state index contributed by atoms with van der Waals surface area (Å²) in [5.74, 6) is -1.26.